The number of aromatic nitrogens is 2. The van der Waals surface area contributed by atoms with Crippen molar-refractivity contribution < 1.29 is 4.74 Å². The van der Waals surface area contributed by atoms with Crippen molar-refractivity contribution in [3.05, 3.63) is 53.6 Å². The average Bonchev–Trinajstić information content (AvgIpc) is 2.55. The van der Waals surface area contributed by atoms with Crippen LogP contribution in [0.5, 0.6) is 5.75 Å². The van der Waals surface area contributed by atoms with Crippen LogP contribution in [0.2, 0.25) is 0 Å². The van der Waals surface area contributed by atoms with E-state index < -0.39 is 0 Å². The maximum Gasteiger partial charge on any atom is 0.194 e. The Labute approximate surface area is 137 Å². The summed E-state index contributed by atoms with van der Waals surface area (Å²) in [7, 11) is 5.45. The van der Waals surface area contributed by atoms with E-state index in [0.29, 0.717) is 6.54 Å². The normalized spacial score (nSPS) is 11.2. The molecule has 1 aromatic heterocycles. The maximum absolute atomic E-state index is 5.26. The largest absolute Gasteiger partial charge is 0.497 e. The first kappa shape index (κ1) is 16.7. The highest BCUT2D eigenvalue weighted by atomic mass is 16.5. The fourth-order valence-corrected chi connectivity index (χ4v) is 2.28. The van der Waals surface area contributed by atoms with Crippen molar-refractivity contribution in [2.45, 2.75) is 20.0 Å². The third-order valence-corrected chi connectivity index (χ3v) is 3.39. The number of benzene rings is 1. The van der Waals surface area contributed by atoms with Crippen molar-refractivity contribution >= 4 is 5.96 Å². The molecule has 0 aliphatic carbocycles. The van der Waals surface area contributed by atoms with Gasteiger partial charge in [0.05, 0.1) is 19.3 Å². The molecule has 0 aliphatic rings. The molecule has 0 aliphatic heterocycles. The van der Waals surface area contributed by atoms with Crippen molar-refractivity contribution in [2.75, 3.05) is 21.2 Å². The minimum Gasteiger partial charge on any atom is -0.497 e. The predicted molar refractivity (Wildman–Crippen MR) is 91.4 cm³/mol. The Balaban J connectivity index is 1.97. The quantitative estimate of drug-likeness (QED) is 0.676. The average molecular weight is 313 g/mol. The van der Waals surface area contributed by atoms with Crippen LogP contribution in [0, 0.1) is 6.92 Å². The number of rotatable bonds is 5. The molecule has 2 aromatic rings. The molecule has 0 spiro atoms. The zero-order chi connectivity index (χ0) is 16.7. The van der Waals surface area contributed by atoms with Crippen LogP contribution >= 0.6 is 0 Å². The Hall–Kier alpha value is -2.63. The minimum atomic E-state index is 0.610. The number of hydrogen-bond donors (Lipinski definition) is 1. The van der Waals surface area contributed by atoms with Crippen LogP contribution < -0.4 is 10.1 Å². The van der Waals surface area contributed by atoms with Crippen LogP contribution in [-0.2, 0) is 13.1 Å². The van der Waals surface area contributed by atoms with Gasteiger partial charge in [-0.05, 0) is 30.7 Å². The minimum absolute atomic E-state index is 0.610. The Morgan fingerprint density at radius 1 is 1.35 bits per heavy atom. The molecule has 1 heterocycles. The van der Waals surface area contributed by atoms with Gasteiger partial charge in [0.2, 0.25) is 0 Å². The van der Waals surface area contributed by atoms with Gasteiger partial charge >= 0.3 is 0 Å². The molecule has 0 saturated carbocycles. The van der Waals surface area contributed by atoms with Gasteiger partial charge in [-0.3, -0.25) is 4.99 Å². The first-order valence-electron chi connectivity index (χ1n) is 7.45. The molecule has 0 unspecified atom stereocenters. The van der Waals surface area contributed by atoms with Crippen LogP contribution in [0.3, 0.4) is 0 Å². The third kappa shape index (κ3) is 4.95. The number of ether oxygens (including phenoxy) is 1. The number of nitrogens with one attached hydrogen (secondary N) is 1. The van der Waals surface area contributed by atoms with E-state index in [-0.39, 0.29) is 0 Å². The monoisotopic (exact) mass is 313 g/mol. The first-order valence-corrected chi connectivity index (χ1v) is 7.45. The standard InChI is InChI=1S/C17H23N5O/c1-13-19-9-8-15(21-13)11-20-17(18-2)22(3)12-14-6-5-7-16(10-14)23-4/h5-10H,11-12H2,1-4H3,(H,18,20). The molecular weight excluding hydrogens is 290 g/mol. The molecule has 122 valence electrons. The molecule has 6 heteroatoms. The zero-order valence-electron chi connectivity index (χ0n) is 14.1. The second-order valence-electron chi connectivity index (χ2n) is 5.20. The Kier molecular flexibility index (Phi) is 5.91. The van der Waals surface area contributed by atoms with E-state index in [1.54, 1.807) is 20.4 Å². The van der Waals surface area contributed by atoms with Crippen molar-refractivity contribution in [1.29, 1.82) is 0 Å². The van der Waals surface area contributed by atoms with Crippen molar-refractivity contribution in [3.63, 3.8) is 0 Å². The second-order valence-corrected chi connectivity index (χ2v) is 5.20. The van der Waals surface area contributed by atoms with E-state index in [4.69, 9.17) is 4.74 Å². The van der Waals surface area contributed by atoms with E-state index >= 15 is 0 Å². The van der Waals surface area contributed by atoms with Gasteiger partial charge in [0.25, 0.3) is 0 Å². The summed E-state index contributed by atoms with van der Waals surface area (Å²) in [6.45, 7) is 3.23. The van der Waals surface area contributed by atoms with Crippen molar-refractivity contribution in [1.82, 2.24) is 20.2 Å². The summed E-state index contributed by atoms with van der Waals surface area (Å²) in [5.41, 5.74) is 2.10. The topological polar surface area (TPSA) is 62.6 Å². The Morgan fingerprint density at radius 2 is 2.17 bits per heavy atom. The second kappa shape index (κ2) is 8.12. The van der Waals surface area contributed by atoms with Gasteiger partial charge in [-0.15, -0.1) is 0 Å². The molecule has 0 radical (unpaired) electrons. The highest BCUT2D eigenvalue weighted by Crippen LogP contribution is 2.13. The lowest BCUT2D eigenvalue weighted by Gasteiger charge is -2.22. The van der Waals surface area contributed by atoms with Crippen LogP contribution in [-0.4, -0.2) is 42.0 Å². The molecule has 0 amide bonds. The lowest BCUT2D eigenvalue weighted by molar-refractivity contribution is 0.412. The third-order valence-electron chi connectivity index (χ3n) is 3.39. The molecule has 23 heavy (non-hydrogen) atoms. The van der Waals surface area contributed by atoms with Crippen molar-refractivity contribution in [3.8, 4) is 5.75 Å². The molecule has 1 aromatic carbocycles. The Bertz CT molecular complexity index is 672. The summed E-state index contributed by atoms with van der Waals surface area (Å²) in [5.74, 6) is 2.43. The summed E-state index contributed by atoms with van der Waals surface area (Å²) in [5, 5.41) is 3.32. The van der Waals surface area contributed by atoms with Gasteiger partial charge in [0.1, 0.15) is 11.6 Å². The smallest absolute Gasteiger partial charge is 0.194 e. The van der Waals surface area contributed by atoms with Crippen molar-refractivity contribution in [2.24, 2.45) is 4.99 Å². The van der Waals surface area contributed by atoms with Gasteiger partial charge in [-0.2, -0.15) is 0 Å². The number of methoxy groups -OCH3 is 1. The van der Waals surface area contributed by atoms with Crippen LogP contribution in [0.15, 0.2) is 41.5 Å². The molecule has 0 fully saturated rings. The van der Waals surface area contributed by atoms with E-state index in [0.717, 1.165) is 35.3 Å². The fraction of sp³-hybridized carbons (Fsp3) is 0.353. The summed E-state index contributed by atoms with van der Waals surface area (Å²) in [6, 6.07) is 9.92. The molecular formula is C17H23N5O. The molecule has 0 bridgehead atoms. The van der Waals surface area contributed by atoms with E-state index in [9.17, 15) is 0 Å². The Morgan fingerprint density at radius 3 is 2.87 bits per heavy atom. The van der Waals surface area contributed by atoms with E-state index in [1.165, 1.54) is 0 Å². The number of nitrogens with zero attached hydrogens (tertiary/aromatic N) is 4. The lowest BCUT2D eigenvalue weighted by atomic mass is 10.2. The summed E-state index contributed by atoms with van der Waals surface area (Å²) < 4.78 is 5.26. The summed E-state index contributed by atoms with van der Waals surface area (Å²) in [6.07, 6.45) is 1.77. The van der Waals surface area contributed by atoms with Crippen LogP contribution in [0.25, 0.3) is 0 Å². The molecule has 1 N–H and O–H groups in total. The molecule has 0 saturated heterocycles. The summed E-state index contributed by atoms with van der Waals surface area (Å²) in [4.78, 5) is 14.9. The number of aliphatic imine (C=N–C) groups is 1. The predicted octanol–water partition coefficient (Wildman–Crippen LogP) is 2.00. The number of hydrogen-bond acceptors (Lipinski definition) is 4. The molecule has 6 nitrogen and oxygen atoms in total. The zero-order valence-corrected chi connectivity index (χ0v) is 14.1. The van der Waals surface area contributed by atoms with Gasteiger partial charge in [-0.1, -0.05) is 12.1 Å². The van der Waals surface area contributed by atoms with Gasteiger partial charge in [-0.25, -0.2) is 9.97 Å². The van der Waals surface area contributed by atoms with Crippen LogP contribution in [0.4, 0.5) is 0 Å². The number of guanidine groups is 1. The SMILES string of the molecule is CN=C(NCc1ccnc(C)n1)N(C)Cc1cccc(OC)c1. The molecule has 0 atom stereocenters. The van der Waals surface area contributed by atoms with Gasteiger partial charge in [0, 0.05) is 26.8 Å². The van der Waals surface area contributed by atoms with Crippen LogP contribution in [0.1, 0.15) is 17.1 Å². The van der Waals surface area contributed by atoms with E-state index in [2.05, 4.69) is 31.2 Å². The first-order chi connectivity index (χ1) is 11.1. The fourth-order valence-electron chi connectivity index (χ4n) is 2.28. The number of aryl methyl sites for hydroxylation is 1. The maximum atomic E-state index is 5.26. The highest BCUT2D eigenvalue weighted by Gasteiger charge is 2.07. The van der Waals surface area contributed by atoms with Gasteiger partial charge < -0.3 is 15.0 Å². The van der Waals surface area contributed by atoms with E-state index in [1.807, 2.05) is 38.2 Å². The highest BCUT2D eigenvalue weighted by molar-refractivity contribution is 5.79. The summed E-state index contributed by atoms with van der Waals surface area (Å²) >= 11 is 0. The lowest BCUT2D eigenvalue weighted by Crippen LogP contribution is -2.38. The molecule has 2 rings (SSSR count). The van der Waals surface area contributed by atoms with Gasteiger partial charge in [0.15, 0.2) is 5.96 Å².